The molecule has 5 atom stereocenters. The molecule has 56 valence electrons. The molecule has 0 spiro atoms. The van der Waals surface area contributed by atoms with Gasteiger partial charge in [-0.05, 0) is 0 Å². The summed E-state index contributed by atoms with van der Waals surface area (Å²) in [6, 6.07) is 0. The van der Waals surface area contributed by atoms with Crippen molar-refractivity contribution in [2.75, 3.05) is 0 Å². The van der Waals surface area contributed by atoms with Gasteiger partial charge in [0.15, 0.2) is 0 Å². The zero-order valence-corrected chi connectivity index (χ0v) is 13.8. The first kappa shape index (κ1) is 12.9. The maximum absolute atomic E-state index is 3.72. The van der Waals surface area contributed by atoms with Crippen LogP contribution in [-0.4, -0.2) is 0 Å². The van der Waals surface area contributed by atoms with Crippen molar-refractivity contribution < 1.29 is 0 Å². The second-order valence-corrected chi connectivity index (χ2v) is 30.8. The molecule has 9 heavy (non-hydrogen) atoms. The predicted octanol–water partition coefficient (Wildman–Crippen LogP) is 5.34. The van der Waals surface area contributed by atoms with Crippen LogP contribution in [0.25, 0.3) is 0 Å². The lowest BCUT2D eigenvalue weighted by Crippen LogP contribution is -1.25. The molecule has 0 fully saturated rings. The molecule has 0 saturated heterocycles. The van der Waals surface area contributed by atoms with Crippen LogP contribution in [0.5, 0.6) is 0 Å². The van der Waals surface area contributed by atoms with E-state index in [0.717, 1.165) is 0 Å². The molecule has 0 aromatic carbocycles. The summed E-state index contributed by atoms with van der Waals surface area (Å²) in [6.45, 7) is 0.274. The van der Waals surface area contributed by atoms with Crippen molar-refractivity contribution in [1.29, 1.82) is 0 Å². The van der Waals surface area contributed by atoms with Gasteiger partial charge in [-0.3, -0.25) is 0 Å². The van der Waals surface area contributed by atoms with Crippen LogP contribution >= 0.6 is 73.6 Å². The van der Waals surface area contributed by atoms with E-state index in [9.17, 15) is 0 Å². The van der Waals surface area contributed by atoms with Gasteiger partial charge in [-0.2, -0.15) is 0 Å². The van der Waals surface area contributed by atoms with Gasteiger partial charge in [0, 0.05) is 0 Å². The molecule has 0 heterocycles. The third-order valence-corrected chi connectivity index (χ3v) is 32.9. The number of hydrogen-bond donors (Lipinski definition) is 0. The van der Waals surface area contributed by atoms with E-state index in [1.807, 2.05) is 0 Å². The highest BCUT2D eigenvalue weighted by molar-refractivity contribution is 9.04. The van der Waals surface area contributed by atoms with Crippen LogP contribution in [0.4, 0.5) is 0 Å². The Morgan fingerprint density at radius 1 is 1.11 bits per heavy atom. The molecule has 0 aliphatic heterocycles. The summed E-state index contributed by atoms with van der Waals surface area (Å²) < 4.78 is 0. The number of rotatable bonds is 3. The fraction of sp³-hybridized carbons (Fsp3) is 0. The summed E-state index contributed by atoms with van der Waals surface area (Å²) in [5, 5.41) is 0. The lowest BCUT2D eigenvalue weighted by atomic mass is 28.9. The summed E-state index contributed by atoms with van der Waals surface area (Å²) in [7, 11) is 16.7. The SMILES string of the molecule is [PH-]P([P-]P(P)P)P(P)P. The highest BCUT2D eigenvalue weighted by Gasteiger charge is 1.84. The summed E-state index contributed by atoms with van der Waals surface area (Å²) in [5.74, 6) is 0. The Kier molecular flexibility index (Phi) is 10.4. The molecule has 0 aliphatic carbocycles. The molecule has 5 unspecified atom stereocenters. The van der Waals surface area contributed by atoms with Gasteiger partial charge in [-0.1, -0.05) is 0 Å². The molecule has 0 bridgehead atoms. The minimum Gasteiger partial charge on any atom is -0.552 e. The Bertz CT molecular complexity index is 62.4. The topological polar surface area (TPSA) is 0 Å². The van der Waals surface area contributed by atoms with Crippen molar-refractivity contribution in [1.82, 2.24) is 0 Å². The molecule has 0 radical (unpaired) electrons. The maximum atomic E-state index is 3.72. The van der Waals surface area contributed by atoms with Crippen LogP contribution in [0.3, 0.4) is 0 Å². The van der Waals surface area contributed by atoms with Crippen LogP contribution in [-0.2, 0) is 0 Å². The monoisotopic (exact) mass is 288 g/mol. The molecular formula is H9P9-2. The largest absolute Gasteiger partial charge is 0.552 e. The quantitative estimate of drug-likeness (QED) is 0.615. The van der Waals surface area contributed by atoms with Crippen molar-refractivity contribution in [2.24, 2.45) is 0 Å². The highest BCUT2D eigenvalue weighted by Crippen LogP contribution is 2.98. The van der Waals surface area contributed by atoms with Crippen molar-refractivity contribution in [3.63, 3.8) is 0 Å². The van der Waals surface area contributed by atoms with Gasteiger partial charge in [-0.25, -0.2) is 6.99 Å². The molecular weight excluding hydrogens is 279 g/mol. The summed E-state index contributed by atoms with van der Waals surface area (Å²) in [4.78, 5) is 0. The molecule has 9 heteroatoms. The molecule has 0 saturated carbocycles. The van der Waals surface area contributed by atoms with Gasteiger partial charge < -0.3 is 23.9 Å². The minimum absolute atomic E-state index is 0.0766. The summed E-state index contributed by atoms with van der Waals surface area (Å²) >= 11 is 0. The van der Waals surface area contributed by atoms with Gasteiger partial charge in [-0.15, -0.1) is 42.7 Å². The third kappa shape index (κ3) is 8.21. The Balaban J connectivity index is 3.38. The molecule has 0 aromatic rings. The smallest absolute Gasteiger partial charge is 0.103 e. The zero-order chi connectivity index (χ0) is 7.44. The Labute approximate surface area is 73.6 Å². The molecule has 0 nitrogen and oxygen atoms in total. The second kappa shape index (κ2) is 7.29. The van der Waals surface area contributed by atoms with Crippen LogP contribution in [0.2, 0.25) is 0 Å². The van der Waals surface area contributed by atoms with Crippen molar-refractivity contribution in [2.45, 2.75) is 0 Å². The van der Waals surface area contributed by atoms with E-state index < -0.39 is 0 Å². The highest BCUT2D eigenvalue weighted by atomic mass is 33.1. The Hall–Kier alpha value is 3.87. The average Bonchev–Trinajstić information content (AvgIpc) is 1.63. The number of hydrogen-bond acceptors (Lipinski definition) is 0. The second-order valence-electron chi connectivity index (χ2n) is 1.14. The minimum atomic E-state index is 0.0766. The molecule has 0 N–H and O–H groups in total. The van der Waals surface area contributed by atoms with E-state index in [-0.39, 0.29) is 21.0 Å². The van der Waals surface area contributed by atoms with E-state index in [0.29, 0.717) is 0 Å². The molecule has 0 rings (SSSR count). The summed E-state index contributed by atoms with van der Waals surface area (Å²) in [5.41, 5.74) is 0. The van der Waals surface area contributed by atoms with Crippen molar-refractivity contribution in [3.8, 4) is 0 Å². The molecule has 0 aromatic heterocycles. The zero-order valence-electron chi connectivity index (χ0n) is 4.60. The van der Waals surface area contributed by atoms with Gasteiger partial charge in [0.2, 0.25) is 0 Å². The first-order chi connectivity index (χ1) is 4.04. The van der Waals surface area contributed by atoms with E-state index in [1.165, 1.54) is 0 Å². The lowest BCUT2D eigenvalue weighted by Gasteiger charge is -2.44. The van der Waals surface area contributed by atoms with Crippen LogP contribution in [0.15, 0.2) is 0 Å². The van der Waals surface area contributed by atoms with Crippen LogP contribution < -0.4 is 0 Å². The maximum Gasteiger partial charge on any atom is -0.103 e. The molecule has 0 amide bonds. The predicted molar refractivity (Wildman–Crippen MR) is 74.8 cm³/mol. The normalized spacial score (nSPS) is 16.3. The van der Waals surface area contributed by atoms with Gasteiger partial charge >= 0.3 is 0 Å². The average molecular weight is 288 g/mol. The van der Waals surface area contributed by atoms with Gasteiger partial charge in [0.05, 0.1) is 0 Å². The van der Waals surface area contributed by atoms with Crippen LogP contribution in [0, 0.1) is 0 Å². The van der Waals surface area contributed by atoms with Crippen LogP contribution in [0.1, 0.15) is 0 Å². The lowest BCUT2D eigenvalue weighted by molar-refractivity contribution is 4.80. The standard InChI is InChI=1S/H9P9/c1-7(2)6-9(5)8(3)4/h5H,1-4H2/q-2. The van der Waals surface area contributed by atoms with Crippen molar-refractivity contribution >= 4 is 73.6 Å². The van der Waals surface area contributed by atoms with E-state index in [2.05, 4.69) is 44.6 Å². The first-order valence-electron chi connectivity index (χ1n) is 1.86. The molecule has 0 aliphatic rings. The van der Waals surface area contributed by atoms with Gasteiger partial charge in [0.25, 0.3) is 0 Å². The van der Waals surface area contributed by atoms with Gasteiger partial charge in [0.1, 0.15) is 0 Å². The van der Waals surface area contributed by atoms with E-state index in [1.54, 1.807) is 7.96 Å². The fourth-order valence-corrected chi connectivity index (χ4v) is 35.0. The third-order valence-electron chi connectivity index (χ3n) is 0.407. The van der Waals surface area contributed by atoms with Crippen molar-refractivity contribution in [3.05, 3.63) is 0 Å². The summed E-state index contributed by atoms with van der Waals surface area (Å²) in [6.07, 6.45) is 0. The Morgan fingerprint density at radius 3 is 1.67 bits per heavy atom. The first-order valence-corrected chi connectivity index (χ1v) is 16.7. The van der Waals surface area contributed by atoms with E-state index in [4.69, 9.17) is 0 Å². The van der Waals surface area contributed by atoms with E-state index >= 15 is 0 Å². The Morgan fingerprint density at radius 2 is 1.56 bits per heavy atom. The fourth-order valence-electron chi connectivity index (χ4n) is 0.144.